The molecule has 0 amide bonds. The van der Waals surface area contributed by atoms with Gasteiger partial charge in [-0.3, -0.25) is 4.90 Å². The Balaban J connectivity index is 1.37. The summed E-state index contributed by atoms with van der Waals surface area (Å²) in [5.41, 5.74) is -0.777. The van der Waals surface area contributed by atoms with Crippen LogP contribution in [0.4, 0.5) is 19.0 Å². The van der Waals surface area contributed by atoms with E-state index in [0.29, 0.717) is 32.0 Å². The van der Waals surface area contributed by atoms with Gasteiger partial charge in [-0.05, 0) is 35.0 Å². The van der Waals surface area contributed by atoms with Crippen LogP contribution in [0.2, 0.25) is 0 Å². The zero-order chi connectivity index (χ0) is 22.9. The van der Waals surface area contributed by atoms with Crippen molar-refractivity contribution in [2.75, 3.05) is 44.8 Å². The molecule has 2 heterocycles. The molecule has 0 saturated carbocycles. The molecule has 1 aromatic heterocycles. The Morgan fingerprint density at radius 3 is 2.28 bits per heavy atom. The maximum atomic E-state index is 13.0. The third kappa shape index (κ3) is 4.72. The van der Waals surface area contributed by atoms with Crippen LogP contribution >= 0.6 is 0 Å². The van der Waals surface area contributed by atoms with Gasteiger partial charge in [0, 0.05) is 39.4 Å². The molecule has 32 heavy (non-hydrogen) atoms. The first-order valence-corrected chi connectivity index (χ1v) is 11.5. The summed E-state index contributed by atoms with van der Waals surface area (Å²) in [5.74, 6) is 0.481. The molecule has 1 aliphatic heterocycles. The van der Waals surface area contributed by atoms with E-state index in [0.717, 1.165) is 23.0 Å². The van der Waals surface area contributed by atoms with E-state index in [-0.39, 0.29) is 11.6 Å². The number of anilines is 1. The highest BCUT2D eigenvalue weighted by Crippen LogP contribution is 2.29. The lowest BCUT2D eigenvalue weighted by molar-refractivity contribution is -0.137. The first kappa shape index (κ1) is 22.5. The Kier molecular flexibility index (Phi) is 6.11. The van der Waals surface area contributed by atoms with Crippen molar-refractivity contribution in [3.8, 4) is 0 Å². The number of hydrogen-bond acceptors (Lipinski definition) is 5. The summed E-state index contributed by atoms with van der Waals surface area (Å²) in [6.45, 7) is 2.45. The Morgan fingerprint density at radius 2 is 1.66 bits per heavy atom. The summed E-state index contributed by atoms with van der Waals surface area (Å²) in [6, 6.07) is 15.1. The number of aromatic nitrogens is 1. The van der Waals surface area contributed by atoms with Crippen molar-refractivity contribution >= 4 is 26.6 Å². The van der Waals surface area contributed by atoms with Gasteiger partial charge in [-0.2, -0.15) is 17.5 Å². The summed E-state index contributed by atoms with van der Waals surface area (Å²) < 4.78 is 65.5. The maximum absolute atomic E-state index is 13.0. The molecular weight excluding hydrogens is 441 g/mol. The molecular formula is C22H23F3N4O2S. The van der Waals surface area contributed by atoms with Crippen LogP contribution < -0.4 is 4.90 Å². The summed E-state index contributed by atoms with van der Waals surface area (Å²) in [5, 5.41) is 1.83. The quantitative estimate of drug-likeness (QED) is 0.577. The highest BCUT2D eigenvalue weighted by Gasteiger charge is 2.31. The van der Waals surface area contributed by atoms with Crippen LogP contribution in [0.5, 0.6) is 0 Å². The molecule has 0 N–H and O–H groups in total. The van der Waals surface area contributed by atoms with Gasteiger partial charge in [0.05, 0.1) is 17.1 Å². The van der Waals surface area contributed by atoms with Gasteiger partial charge in [0.25, 0.3) is 0 Å². The minimum Gasteiger partial charge on any atom is -0.354 e. The summed E-state index contributed by atoms with van der Waals surface area (Å²) in [7, 11) is -2.11. The smallest absolute Gasteiger partial charge is 0.354 e. The Morgan fingerprint density at radius 1 is 0.969 bits per heavy atom. The number of alkyl halides is 3. The average Bonchev–Trinajstić information content (AvgIpc) is 2.78. The largest absolute Gasteiger partial charge is 0.417 e. The number of pyridine rings is 1. The third-order valence-corrected chi connectivity index (χ3v) is 7.39. The number of halogens is 3. The zero-order valence-electron chi connectivity index (χ0n) is 17.5. The standard InChI is InChI=1S/C22H23F3N4O2S/c1-27(32(30,31)20-8-6-17-4-2-3-5-18(17)14-20)16-28-10-12-29(13-11-28)21-9-7-19(15-26-21)22(23,24)25/h2-9,14-15H,10-13,16H2,1H3. The van der Waals surface area contributed by atoms with E-state index in [4.69, 9.17) is 0 Å². The molecule has 0 unspecified atom stereocenters. The minimum absolute atomic E-state index is 0.226. The van der Waals surface area contributed by atoms with Gasteiger partial charge in [-0.1, -0.05) is 30.3 Å². The first-order valence-electron chi connectivity index (χ1n) is 10.1. The SMILES string of the molecule is CN(CN1CCN(c2ccc(C(F)(F)F)cn2)CC1)S(=O)(=O)c1ccc2ccccc2c1. The van der Waals surface area contributed by atoms with E-state index < -0.39 is 21.8 Å². The maximum Gasteiger partial charge on any atom is 0.417 e. The molecule has 0 atom stereocenters. The van der Waals surface area contributed by atoms with Crippen molar-refractivity contribution in [1.29, 1.82) is 0 Å². The van der Waals surface area contributed by atoms with Crippen molar-refractivity contribution in [1.82, 2.24) is 14.2 Å². The molecule has 1 aliphatic rings. The highest BCUT2D eigenvalue weighted by molar-refractivity contribution is 7.89. The molecule has 10 heteroatoms. The van der Waals surface area contributed by atoms with E-state index in [1.54, 1.807) is 25.2 Å². The fraction of sp³-hybridized carbons (Fsp3) is 0.318. The molecule has 1 saturated heterocycles. The van der Waals surface area contributed by atoms with Crippen LogP contribution in [-0.2, 0) is 16.2 Å². The molecule has 1 fully saturated rings. The number of fused-ring (bicyclic) bond motifs is 1. The normalized spacial score (nSPS) is 16.1. The second-order valence-electron chi connectivity index (χ2n) is 7.76. The average molecular weight is 465 g/mol. The second kappa shape index (κ2) is 8.68. The topological polar surface area (TPSA) is 56.8 Å². The van der Waals surface area contributed by atoms with Crippen molar-refractivity contribution < 1.29 is 21.6 Å². The number of piperazine rings is 1. The van der Waals surface area contributed by atoms with Gasteiger partial charge < -0.3 is 4.90 Å². The molecule has 170 valence electrons. The highest BCUT2D eigenvalue weighted by atomic mass is 32.2. The first-order chi connectivity index (χ1) is 15.1. The van der Waals surface area contributed by atoms with Gasteiger partial charge in [-0.25, -0.2) is 13.4 Å². The number of rotatable bonds is 5. The van der Waals surface area contributed by atoms with E-state index >= 15 is 0 Å². The lowest BCUT2D eigenvalue weighted by Gasteiger charge is -2.37. The number of sulfonamides is 1. The lowest BCUT2D eigenvalue weighted by Crippen LogP contribution is -2.50. The molecule has 0 spiro atoms. The summed E-state index contributed by atoms with van der Waals surface area (Å²) >= 11 is 0. The van der Waals surface area contributed by atoms with Gasteiger partial charge in [-0.15, -0.1) is 0 Å². The Labute approximate surface area is 184 Å². The van der Waals surface area contributed by atoms with Crippen LogP contribution in [0, 0.1) is 0 Å². The number of benzene rings is 2. The van der Waals surface area contributed by atoms with E-state index in [2.05, 4.69) is 4.98 Å². The molecule has 2 aromatic carbocycles. The van der Waals surface area contributed by atoms with Crippen molar-refractivity contribution in [2.24, 2.45) is 0 Å². The zero-order valence-corrected chi connectivity index (χ0v) is 18.3. The molecule has 0 radical (unpaired) electrons. The summed E-state index contributed by atoms with van der Waals surface area (Å²) in [4.78, 5) is 8.08. The molecule has 6 nitrogen and oxygen atoms in total. The minimum atomic E-state index is -4.41. The Hall–Kier alpha value is -2.69. The monoisotopic (exact) mass is 464 g/mol. The van der Waals surface area contributed by atoms with Gasteiger partial charge in [0.1, 0.15) is 5.82 Å². The fourth-order valence-corrected chi connectivity index (χ4v) is 4.92. The van der Waals surface area contributed by atoms with Crippen LogP contribution in [-0.4, -0.2) is 62.5 Å². The van der Waals surface area contributed by atoms with Crippen molar-refractivity contribution in [3.63, 3.8) is 0 Å². The third-order valence-electron chi connectivity index (χ3n) is 5.60. The predicted octanol–water partition coefficient (Wildman–Crippen LogP) is 3.65. The van der Waals surface area contributed by atoms with Crippen LogP contribution in [0.25, 0.3) is 10.8 Å². The number of nitrogens with zero attached hydrogens (tertiary/aromatic N) is 4. The van der Waals surface area contributed by atoms with Gasteiger partial charge in [0.2, 0.25) is 10.0 Å². The predicted molar refractivity (Wildman–Crippen MR) is 117 cm³/mol. The van der Waals surface area contributed by atoms with E-state index in [1.807, 2.05) is 34.1 Å². The van der Waals surface area contributed by atoms with Crippen LogP contribution in [0.3, 0.4) is 0 Å². The van der Waals surface area contributed by atoms with Crippen molar-refractivity contribution in [2.45, 2.75) is 11.1 Å². The van der Waals surface area contributed by atoms with Gasteiger partial charge >= 0.3 is 6.18 Å². The molecule has 0 aliphatic carbocycles. The molecule has 4 rings (SSSR count). The van der Waals surface area contributed by atoms with E-state index in [9.17, 15) is 21.6 Å². The van der Waals surface area contributed by atoms with Crippen LogP contribution in [0.15, 0.2) is 65.7 Å². The van der Waals surface area contributed by atoms with Gasteiger partial charge in [0.15, 0.2) is 0 Å². The fourth-order valence-electron chi connectivity index (χ4n) is 3.72. The number of hydrogen-bond donors (Lipinski definition) is 0. The molecule has 3 aromatic rings. The Bertz CT molecular complexity index is 1190. The lowest BCUT2D eigenvalue weighted by atomic mass is 10.1. The molecule has 0 bridgehead atoms. The van der Waals surface area contributed by atoms with E-state index in [1.165, 1.54) is 10.4 Å². The van der Waals surface area contributed by atoms with Crippen LogP contribution in [0.1, 0.15) is 5.56 Å². The van der Waals surface area contributed by atoms with Crippen molar-refractivity contribution in [3.05, 3.63) is 66.4 Å². The summed E-state index contributed by atoms with van der Waals surface area (Å²) in [6.07, 6.45) is -3.57. The second-order valence-corrected chi connectivity index (χ2v) is 9.81.